The molecule has 0 aliphatic heterocycles. The molecule has 1 aromatic rings. The molecule has 1 aromatic carbocycles. The van der Waals surface area contributed by atoms with Crippen LogP contribution in [-0.4, -0.2) is 30.3 Å². The van der Waals surface area contributed by atoms with Crippen molar-refractivity contribution in [3.63, 3.8) is 0 Å². The van der Waals surface area contributed by atoms with Crippen molar-refractivity contribution in [1.29, 1.82) is 0 Å². The first-order valence-electron chi connectivity index (χ1n) is 7.00. The van der Waals surface area contributed by atoms with Gasteiger partial charge in [-0.15, -0.1) is 0 Å². The average molecular weight is 246 g/mol. The zero-order valence-electron chi connectivity index (χ0n) is 13.1. The van der Waals surface area contributed by atoms with E-state index in [9.17, 15) is 0 Å². The van der Waals surface area contributed by atoms with E-state index in [0.29, 0.717) is 5.92 Å². The maximum Gasteiger partial charge on any atom is 0.108 e. The van der Waals surface area contributed by atoms with Crippen LogP contribution < -0.4 is 0 Å². The summed E-state index contributed by atoms with van der Waals surface area (Å²) in [5, 5.41) is -0.862. The lowest BCUT2D eigenvalue weighted by Gasteiger charge is -2.35. The second kappa shape index (κ2) is 5.85. The molecule has 0 heterocycles. The second-order valence-corrected chi connectivity index (χ2v) is 6.06. The fourth-order valence-corrected chi connectivity index (χ4v) is 2.44. The van der Waals surface area contributed by atoms with Gasteiger partial charge in [-0.25, -0.2) is 0 Å². The van der Waals surface area contributed by atoms with Gasteiger partial charge in [0.15, 0.2) is 0 Å². The molecule has 6 radical (unpaired) electrons. The highest BCUT2D eigenvalue weighted by molar-refractivity contribution is 6.53. The Labute approximate surface area is 123 Å². The third kappa shape index (κ3) is 3.33. The molecule has 0 amide bonds. The normalized spacial score (nSPS) is 17.6. The summed E-state index contributed by atoms with van der Waals surface area (Å²) in [7, 11) is 16.9. The summed E-state index contributed by atoms with van der Waals surface area (Å²) in [5.41, 5.74) is 3.61. The molecule has 0 N–H and O–H groups in total. The predicted octanol–water partition coefficient (Wildman–Crippen LogP) is 3.00. The van der Waals surface area contributed by atoms with Gasteiger partial charge >= 0.3 is 0 Å². The van der Waals surface area contributed by atoms with Gasteiger partial charge in [0.2, 0.25) is 0 Å². The average Bonchev–Trinajstić information content (AvgIpc) is 2.37. The van der Waals surface area contributed by atoms with Crippen molar-refractivity contribution in [1.82, 2.24) is 0 Å². The first-order valence-corrected chi connectivity index (χ1v) is 7.00. The van der Waals surface area contributed by atoms with Crippen LogP contribution in [0.5, 0.6) is 0 Å². The maximum absolute atomic E-state index is 6.42. The zero-order valence-corrected chi connectivity index (χ0v) is 13.1. The highest BCUT2D eigenvalue weighted by Crippen LogP contribution is 2.35. The lowest BCUT2D eigenvalue weighted by atomic mass is 9.38. The van der Waals surface area contributed by atoms with Crippen LogP contribution in [0, 0.1) is 0 Å². The van der Waals surface area contributed by atoms with Crippen molar-refractivity contribution >= 4 is 30.3 Å². The van der Waals surface area contributed by atoms with Crippen molar-refractivity contribution in [2.75, 3.05) is 0 Å². The zero-order chi connectivity index (χ0) is 14.8. The summed E-state index contributed by atoms with van der Waals surface area (Å²) in [6.07, 6.45) is 0. The quantitative estimate of drug-likeness (QED) is 0.700. The Morgan fingerprint density at radius 2 is 1.32 bits per heavy atom. The Hall–Kier alpha value is -0.520. The molecule has 0 bridgehead atoms. The van der Waals surface area contributed by atoms with Crippen LogP contribution in [0.25, 0.3) is 0 Å². The molecule has 0 aliphatic rings. The molecule has 0 aromatic heterocycles. The Bertz CT molecular complexity index is 402. The van der Waals surface area contributed by atoms with Gasteiger partial charge in [0, 0.05) is 0 Å². The highest BCUT2D eigenvalue weighted by atomic mass is 14.2. The van der Waals surface area contributed by atoms with E-state index in [1.807, 2.05) is 42.1 Å². The van der Waals surface area contributed by atoms with Gasteiger partial charge < -0.3 is 0 Å². The summed E-state index contributed by atoms with van der Waals surface area (Å²) >= 11 is 0. The van der Waals surface area contributed by atoms with Crippen LogP contribution >= 0.6 is 0 Å². The summed E-state index contributed by atoms with van der Waals surface area (Å²) in [6, 6.07) is 6.29. The van der Waals surface area contributed by atoms with E-state index in [0.717, 1.165) is 0 Å². The molecule has 0 nitrogen and oxygen atoms in total. The minimum absolute atomic E-state index is 0.386. The van der Waals surface area contributed by atoms with Crippen LogP contribution in [0.4, 0.5) is 0 Å². The summed E-state index contributed by atoms with van der Waals surface area (Å²) in [5.74, 6) is 0.386. The minimum Gasteiger partial charge on any atom is -0.0919 e. The molecule has 0 saturated heterocycles. The molecule has 0 spiro atoms. The van der Waals surface area contributed by atoms with E-state index in [4.69, 9.17) is 15.7 Å². The van der Waals surface area contributed by atoms with E-state index in [1.54, 1.807) is 0 Å². The monoisotopic (exact) mass is 246 g/mol. The van der Waals surface area contributed by atoms with E-state index in [2.05, 4.69) is 32.0 Å². The van der Waals surface area contributed by atoms with Gasteiger partial charge in [0.25, 0.3) is 0 Å². The Balaban J connectivity index is 3.56. The highest BCUT2D eigenvalue weighted by Gasteiger charge is 2.29. The number of benzene rings is 1. The molecule has 1 rings (SSSR count). The molecule has 4 heteroatoms. The van der Waals surface area contributed by atoms with Crippen LogP contribution in [0.3, 0.4) is 0 Å². The molecule has 19 heavy (non-hydrogen) atoms. The molecule has 0 aliphatic carbocycles. The minimum atomic E-state index is -0.431. The van der Waals surface area contributed by atoms with Crippen molar-refractivity contribution in [3.8, 4) is 0 Å². The Morgan fingerprint density at radius 3 is 1.58 bits per heavy atom. The maximum atomic E-state index is 6.42. The first-order chi connectivity index (χ1) is 8.67. The van der Waals surface area contributed by atoms with Gasteiger partial charge in [-0.2, -0.15) is 0 Å². The van der Waals surface area contributed by atoms with E-state index < -0.39 is 10.4 Å². The van der Waals surface area contributed by atoms with Crippen molar-refractivity contribution in [3.05, 3.63) is 34.9 Å². The summed E-state index contributed by atoms with van der Waals surface area (Å²) in [6.45, 7) is 12.5. The van der Waals surface area contributed by atoms with Crippen LogP contribution in [-0.2, 0) is 10.4 Å². The molecule has 2 atom stereocenters. The topological polar surface area (TPSA) is 0 Å². The molecule has 2 unspecified atom stereocenters. The second-order valence-electron chi connectivity index (χ2n) is 6.06. The molecule has 0 fully saturated rings. The Morgan fingerprint density at radius 1 is 0.947 bits per heavy atom. The predicted molar refractivity (Wildman–Crippen MR) is 90.0 cm³/mol. The molecular formula is C15H22B4. The molecule has 94 valence electrons. The third-order valence-electron chi connectivity index (χ3n) is 4.04. The van der Waals surface area contributed by atoms with Crippen LogP contribution in [0.15, 0.2) is 18.2 Å². The molecule has 0 saturated carbocycles. The lowest BCUT2D eigenvalue weighted by Crippen LogP contribution is -2.34. The molecular weight excluding hydrogens is 223 g/mol. The fourth-order valence-electron chi connectivity index (χ4n) is 2.44. The van der Waals surface area contributed by atoms with Gasteiger partial charge in [0.05, 0.1) is 15.7 Å². The standard InChI is InChI=1S/C15H22B4/c1-10(2)13-11(14(3,16)18-5)8-7-9-12(13)15(4,17)19-6/h7-10H,1-6H3. The van der Waals surface area contributed by atoms with Crippen LogP contribution in [0.2, 0.25) is 13.6 Å². The fraction of sp³-hybridized carbons (Fsp3) is 0.600. The third-order valence-corrected chi connectivity index (χ3v) is 4.04. The summed E-state index contributed by atoms with van der Waals surface area (Å²) in [4.78, 5) is 0. The van der Waals surface area contributed by atoms with Gasteiger partial charge in [-0.1, -0.05) is 81.1 Å². The first kappa shape index (κ1) is 16.5. The SMILES string of the molecule is [B]C(C)([B]C)c1cccc(C([B])(C)[B]C)c1C(C)C. The Kier molecular flexibility index (Phi) is 5.09. The lowest BCUT2D eigenvalue weighted by molar-refractivity contribution is 0.781. The van der Waals surface area contributed by atoms with Gasteiger partial charge in [-0.05, 0) is 11.5 Å². The number of rotatable bonds is 5. The van der Waals surface area contributed by atoms with Gasteiger partial charge in [0.1, 0.15) is 14.6 Å². The van der Waals surface area contributed by atoms with E-state index >= 15 is 0 Å². The van der Waals surface area contributed by atoms with E-state index in [-0.39, 0.29) is 0 Å². The van der Waals surface area contributed by atoms with Crippen molar-refractivity contribution in [2.45, 2.75) is 57.7 Å². The summed E-state index contributed by atoms with van der Waals surface area (Å²) < 4.78 is 0. The number of hydrogen-bond acceptors (Lipinski definition) is 0. The van der Waals surface area contributed by atoms with Crippen molar-refractivity contribution in [2.24, 2.45) is 0 Å². The largest absolute Gasteiger partial charge is 0.108 e. The smallest absolute Gasteiger partial charge is 0.0919 e. The van der Waals surface area contributed by atoms with Gasteiger partial charge in [-0.3, -0.25) is 0 Å². The van der Waals surface area contributed by atoms with E-state index in [1.165, 1.54) is 16.7 Å². The number of hydrogen-bond donors (Lipinski definition) is 0. The van der Waals surface area contributed by atoms with Crippen molar-refractivity contribution < 1.29 is 0 Å². The van der Waals surface area contributed by atoms with Crippen LogP contribution in [0.1, 0.15) is 50.3 Å².